The third kappa shape index (κ3) is 3.63. The van der Waals surface area contributed by atoms with Crippen molar-refractivity contribution in [3.05, 3.63) is 0 Å². The number of nitrogens with one attached hydrogen (secondary N) is 1. The molecule has 0 aromatic carbocycles. The van der Waals surface area contributed by atoms with Crippen molar-refractivity contribution in [1.29, 1.82) is 0 Å². The van der Waals surface area contributed by atoms with E-state index in [4.69, 9.17) is 0 Å². The van der Waals surface area contributed by atoms with Crippen molar-refractivity contribution in [1.82, 2.24) is 10.2 Å². The van der Waals surface area contributed by atoms with E-state index in [0.29, 0.717) is 6.04 Å². The second kappa shape index (κ2) is 5.58. The van der Waals surface area contributed by atoms with E-state index in [1.165, 1.54) is 12.8 Å². The summed E-state index contributed by atoms with van der Waals surface area (Å²) in [7, 11) is 2.11. The molecular weight excluding hydrogens is 164 g/mol. The number of likely N-dealkylation sites (N-methyl/N-ethyl adjacent to an activating group) is 1. The molecule has 1 rings (SSSR count). The average molecular weight is 186 g/mol. The Kier molecular flexibility index (Phi) is 4.70. The molecule has 1 fully saturated rings. The zero-order chi connectivity index (χ0) is 9.68. The lowest BCUT2D eigenvalue weighted by atomic mass is 10.1. The van der Waals surface area contributed by atoms with E-state index in [0.717, 1.165) is 26.1 Å². The van der Waals surface area contributed by atoms with Crippen molar-refractivity contribution < 1.29 is 5.11 Å². The van der Waals surface area contributed by atoms with Crippen molar-refractivity contribution in [3.63, 3.8) is 0 Å². The minimum atomic E-state index is -0.160. The Morgan fingerprint density at radius 1 is 1.62 bits per heavy atom. The molecule has 0 bridgehead atoms. The number of hydrogen-bond acceptors (Lipinski definition) is 3. The van der Waals surface area contributed by atoms with Gasteiger partial charge in [-0.15, -0.1) is 0 Å². The molecule has 1 aliphatic heterocycles. The summed E-state index contributed by atoms with van der Waals surface area (Å²) in [5, 5.41) is 12.9. The standard InChI is InChI=1S/C10H22N2O/c1-3-10(13)8-12(2)9-5-4-6-11-7-9/h9-11,13H,3-8H2,1-2H3. The molecule has 1 saturated heterocycles. The lowest BCUT2D eigenvalue weighted by Crippen LogP contribution is -2.46. The third-order valence-corrected chi connectivity index (χ3v) is 2.86. The summed E-state index contributed by atoms with van der Waals surface area (Å²) < 4.78 is 0. The number of piperidine rings is 1. The van der Waals surface area contributed by atoms with Crippen LogP contribution < -0.4 is 5.32 Å². The summed E-state index contributed by atoms with van der Waals surface area (Å²) in [5.74, 6) is 0. The van der Waals surface area contributed by atoms with E-state index < -0.39 is 0 Å². The van der Waals surface area contributed by atoms with Gasteiger partial charge in [0.25, 0.3) is 0 Å². The molecule has 0 amide bonds. The zero-order valence-electron chi connectivity index (χ0n) is 8.79. The van der Waals surface area contributed by atoms with Gasteiger partial charge in [-0.2, -0.15) is 0 Å². The van der Waals surface area contributed by atoms with Gasteiger partial charge in [-0.1, -0.05) is 6.92 Å². The van der Waals surface area contributed by atoms with Crippen LogP contribution in [0, 0.1) is 0 Å². The second-order valence-electron chi connectivity index (χ2n) is 4.00. The molecule has 1 aliphatic rings. The van der Waals surface area contributed by atoms with E-state index in [1.54, 1.807) is 0 Å². The summed E-state index contributed by atoms with van der Waals surface area (Å²) >= 11 is 0. The maximum atomic E-state index is 9.50. The number of nitrogens with zero attached hydrogens (tertiary/aromatic N) is 1. The lowest BCUT2D eigenvalue weighted by Gasteiger charge is -2.32. The van der Waals surface area contributed by atoms with Crippen LogP contribution >= 0.6 is 0 Å². The van der Waals surface area contributed by atoms with Crippen LogP contribution in [0.5, 0.6) is 0 Å². The molecule has 3 heteroatoms. The smallest absolute Gasteiger partial charge is 0.0664 e. The van der Waals surface area contributed by atoms with Crippen molar-refractivity contribution in [2.75, 3.05) is 26.7 Å². The number of aliphatic hydroxyl groups excluding tert-OH is 1. The lowest BCUT2D eigenvalue weighted by molar-refractivity contribution is 0.0928. The fourth-order valence-electron chi connectivity index (χ4n) is 1.82. The van der Waals surface area contributed by atoms with E-state index in [2.05, 4.69) is 17.3 Å². The van der Waals surface area contributed by atoms with Gasteiger partial charge in [-0.3, -0.25) is 4.90 Å². The molecule has 3 nitrogen and oxygen atoms in total. The van der Waals surface area contributed by atoms with Gasteiger partial charge in [-0.25, -0.2) is 0 Å². The number of aliphatic hydroxyl groups is 1. The average Bonchev–Trinajstić information content (AvgIpc) is 2.19. The second-order valence-corrected chi connectivity index (χ2v) is 4.00. The molecule has 13 heavy (non-hydrogen) atoms. The number of rotatable bonds is 4. The van der Waals surface area contributed by atoms with Gasteiger partial charge in [0.1, 0.15) is 0 Å². The van der Waals surface area contributed by atoms with Gasteiger partial charge in [-0.05, 0) is 32.9 Å². The van der Waals surface area contributed by atoms with Crippen molar-refractivity contribution in [3.8, 4) is 0 Å². The maximum Gasteiger partial charge on any atom is 0.0664 e. The Labute approximate surface area is 81.1 Å². The summed E-state index contributed by atoms with van der Waals surface area (Å²) in [5.41, 5.74) is 0. The Hall–Kier alpha value is -0.120. The SMILES string of the molecule is CCC(O)CN(C)C1CCCNC1. The minimum Gasteiger partial charge on any atom is -0.392 e. The molecule has 0 aromatic rings. The molecule has 0 radical (unpaired) electrons. The van der Waals surface area contributed by atoms with E-state index >= 15 is 0 Å². The van der Waals surface area contributed by atoms with Crippen molar-refractivity contribution in [2.45, 2.75) is 38.3 Å². The van der Waals surface area contributed by atoms with E-state index in [9.17, 15) is 5.11 Å². The summed E-state index contributed by atoms with van der Waals surface area (Å²) in [6.07, 6.45) is 3.22. The molecular formula is C10H22N2O. The molecule has 0 aliphatic carbocycles. The minimum absolute atomic E-state index is 0.160. The van der Waals surface area contributed by atoms with Crippen LogP contribution in [-0.2, 0) is 0 Å². The van der Waals surface area contributed by atoms with Crippen LogP contribution in [0.25, 0.3) is 0 Å². The highest BCUT2D eigenvalue weighted by Crippen LogP contribution is 2.09. The van der Waals surface area contributed by atoms with Gasteiger partial charge < -0.3 is 10.4 Å². The quantitative estimate of drug-likeness (QED) is 0.669. The largest absolute Gasteiger partial charge is 0.392 e. The molecule has 78 valence electrons. The summed E-state index contributed by atoms with van der Waals surface area (Å²) in [4.78, 5) is 2.28. The fourth-order valence-corrected chi connectivity index (χ4v) is 1.82. The van der Waals surface area contributed by atoms with Gasteiger partial charge in [0.05, 0.1) is 6.10 Å². The normalized spacial score (nSPS) is 26.3. The Bertz CT molecular complexity index is 135. The molecule has 0 aromatic heterocycles. The first kappa shape index (κ1) is 11.0. The van der Waals surface area contributed by atoms with E-state index in [-0.39, 0.29) is 6.10 Å². The van der Waals surface area contributed by atoms with Gasteiger partial charge in [0.15, 0.2) is 0 Å². The summed E-state index contributed by atoms with van der Waals surface area (Å²) in [6.45, 7) is 5.06. The van der Waals surface area contributed by atoms with Crippen molar-refractivity contribution >= 4 is 0 Å². The number of hydrogen-bond donors (Lipinski definition) is 2. The van der Waals surface area contributed by atoms with Crippen molar-refractivity contribution in [2.24, 2.45) is 0 Å². The maximum absolute atomic E-state index is 9.50. The van der Waals surface area contributed by atoms with Crippen LogP contribution in [0.2, 0.25) is 0 Å². The molecule has 0 saturated carbocycles. The van der Waals surface area contributed by atoms with Crippen LogP contribution in [0.3, 0.4) is 0 Å². The highest BCUT2D eigenvalue weighted by molar-refractivity contribution is 4.77. The predicted molar refractivity (Wildman–Crippen MR) is 54.8 cm³/mol. The highest BCUT2D eigenvalue weighted by Gasteiger charge is 2.18. The molecule has 1 heterocycles. The zero-order valence-corrected chi connectivity index (χ0v) is 8.79. The Balaban J connectivity index is 2.24. The molecule has 2 atom stereocenters. The van der Waals surface area contributed by atoms with Gasteiger partial charge >= 0.3 is 0 Å². The summed E-state index contributed by atoms with van der Waals surface area (Å²) in [6, 6.07) is 0.620. The van der Waals surface area contributed by atoms with Crippen LogP contribution in [0.15, 0.2) is 0 Å². The van der Waals surface area contributed by atoms with Crippen LogP contribution in [0.4, 0.5) is 0 Å². The topological polar surface area (TPSA) is 35.5 Å². The van der Waals surface area contributed by atoms with Gasteiger partial charge in [0, 0.05) is 19.1 Å². The Morgan fingerprint density at radius 3 is 2.92 bits per heavy atom. The highest BCUT2D eigenvalue weighted by atomic mass is 16.3. The predicted octanol–water partition coefficient (Wildman–Crippen LogP) is 0.441. The van der Waals surface area contributed by atoms with Crippen LogP contribution in [-0.4, -0.2) is 48.8 Å². The Morgan fingerprint density at radius 2 is 2.38 bits per heavy atom. The molecule has 0 spiro atoms. The monoisotopic (exact) mass is 186 g/mol. The van der Waals surface area contributed by atoms with Crippen LogP contribution in [0.1, 0.15) is 26.2 Å². The first-order chi connectivity index (χ1) is 6.24. The molecule has 2 N–H and O–H groups in total. The fraction of sp³-hybridized carbons (Fsp3) is 1.00. The van der Waals surface area contributed by atoms with E-state index in [1.807, 2.05) is 6.92 Å². The first-order valence-electron chi connectivity index (χ1n) is 5.33. The third-order valence-electron chi connectivity index (χ3n) is 2.86. The molecule has 2 unspecified atom stereocenters. The van der Waals surface area contributed by atoms with Gasteiger partial charge in [0.2, 0.25) is 0 Å². The first-order valence-corrected chi connectivity index (χ1v) is 5.33.